The molecule has 1 aromatic carbocycles. The van der Waals surface area contributed by atoms with E-state index < -0.39 is 22.7 Å². The van der Waals surface area contributed by atoms with Crippen LogP contribution in [0.15, 0.2) is 53.7 Å². The van der Waals surface area contributed by atoms with Gasteiger partial charge in [0, 0.05) is 45.1 Å². The summed E-state index contributed by atoms with van der Waals surface area (Å²) in [5, 5.41) is 10.4. The second kappa shape index (κ2) is 8.91. The molecule has 1 unspecified atom stereocenters. The Balaban J connectivity index is 1.54. The van der Waals surface area contributed by atoms with Crippen molar-refractivity contribution in [2.24, 2.45) is 0 Å². The van der Waals surface area contributed by atoms with Gasteiger partial charge in [0.25, 0.3) is 0 Å². The molecule has 2 aromatic rings. The minimum atomic E-state index is -3.57. The molecule has 7 nitrogen and oxygen atoms in total. The molecule has 1 aromatic heterocycles. The van der Waals surface area contributed by atoms with Crippen molar-refractivity contribution >= 4 is 10.0 Å². The van der Waals surface area contributed by atoms with E-state index >= 15 is 0 Å². The molecule has 2 heterocycles. The molecule has 3 rings (SSSR count). The Bertz CT molecular complexity index is 858. The number of rotatable bonds is 7. The van der Waals surface area contributed by atoms with E-state index in [2.05, 4.69) is 9.72 Å². The molecule has 0 radical (unpaired) electrons. The van der Waals surface area contributed by atoms with Crippen molar-refractivity contribution in [3.63, 3.8) is 0 Å². The summed E-state index contributed by atoms with van der Waals surface area (Å²) >= 11 is 0. The van der Waals surface area contributed by atoms with E-state index in [4.69, 9.17) is 0 Å². The number of hydrogen-bond acceptors (Lipinski definition) is 6. The molecule has 1 aliphatic rings. The maximum atomic E-state index is 12.6. The van der Waals surface area contributed by atoms with Gasteiger partial charge in [-0.25, -0.2) is 8.42 Å². The van der Waals surface area contributed by atoms with Crippen molar-refractivity contribution in [2.45, 2.75) is 17.6 Å². The van der Waals surface area contributed by atoms with Gasteiger partial charge in [-0.05, 0) is 29.8 Å². The van der Waals surface area contributed by atoms with Crippen molar-refractivity contribution < 1.29 is 27.0 Å². The predicted octanol–water partition coefficient (Wildman–Crippen LogP) is 1.72. The zero-order valence-electron chi connectivity index (χ0n) is 15.0. The second-order valence-electron chi connectivity index (χ2n) is 6.36. The summed E-state index contributed by atoms with van der Waals surface area (Å²) in [5.41, 5.74) is 0.576. The van der Waals surface area contributed by atoms with E-state index in [1.165, 1.54) is 47.0 Å². The van der Waals surface area contributed by atoms with Crippen LogP contribution in [0.2, 0.25) is 0 Å². The standard InChI is InChI=1S/C18H21F2N3O4S/c19-18(20)27-15-5-3-14(4-6-15)17(24)13-22-8-10-23(11-9-22)28(25,26)16-2-1-7-21-12-16/h1-7,12,17-18,24H,8-11,13H2. The SMILES string of the molecule is O=S(=O)(c1cccnc1)N1CCN(CC(O)c2ccc(OC(F)F)cc2)CC1. The maximum Gasteiger partial charge on any atom is 0.387 e. The highest BCUT2D eigenvalue weighted by atomic mass is 32.2. The first-order valence-corrected chi connectivity index (χ1v) is 10.2. The van der Waals surface area contributed by atoms with Crippen LogP contribution >= 0.6 is 0 Å². The van der Waals surface area contributed by atoms with Gasteiger partial charge < -0.3 is 9.84 Å². The van der Waals surface area contributed by atoms with Crippen LogP contribution < -0.4 is 4.74 Å². The number of aliphatic hydroxyl groups excluding tert-OH is 1. The quantitative estimate of drug-likeness (QED) is 0.744. The van der Waals surface area contributed by atoms with Crippen LogP contribution in [0, 0.1) is 0 Å². The number of β-amino-alcohol motifs (C(OH)–C–C–N with tert-alkyl or cyclic N) is 1. The number of nitrogens with zero attached hydrogens (tertiary/aromatic N) is 3. The highest BCUT2D eigenvalue weighted by Gasteiger charge is 2.29. The fraction of sp³-hybridized carbons (Fsp3) is 0.389. The summed E-state index contributed by atoms with van der Waals surface area (Å²) in [4.78, 5) is 5.98. The largest absolute Gasteiger partial charge is 0.435 e. The molecule has 1 N–H and O–H groups in total. The molecule has 0 amide bonds. The summed E-state index contributed by atoms with van der Waals surface area (Å²) < 4.78 is 55.3. The number of piperazine rings is 1. The molecule has 1 atom stereocenters. The first-order chi connectivity index (χ1) is 13.4. The number of hydrogen-bond donors (Lipinski definition) is 1. The average Bonchev–Trinajstić information content (AvgIpc) is 2.69. The zero-order valence-corrected chi connectivity index (χ0v) is 15.8. The van der Waals surface area contributed by atoms with Crippen molar-refractivity contribution in [2.75, 3.05) is 32.7 Å². The Labute approximate surface area is 162 Å². The first kappa shape index (κ1) is 20.6. The van der Waals surface area contributed by atoms with Gasteiger partial charge >= 0.3 is 6.61 Å². The summed E-state index contributed by atoms with van der Waals surface area (Å²) in [7, 11) is -3.57. The van der Waals surface area contributed by atoms with E-state index in [-0.39, 0.29) is 10.6 Å². The first-order valence-electron chi connectivity index (χ1n) is 8.71. The number of aliphatic hydroxyl groups is 1. The van der Waals surface area contributed by atoms with Gasteiger partial charge in [0.15, 0.2) is 0 Å². The van der Waals surface area contributed by atoms with Gasteiger partial charge in [0.1, 0.15) is 10.6 Å². The molecule has 28 heavy (non-hydrogen) atoms. The summed E-state index contributed by atoms with van der Waals surface area (Å²) in [6.07, 6.45) is 2.03. The fourth-order valence-corrected chi connectivity index (χ4v) is 4.41. The molecule has 1 saturated heterocycles. The van der Waals surface area contributed by atoms with Crippen LogP contribution in [-0.2, 0) is 10.0 Å². The van der Waals surface area contributed by atoms with E-state index in [9.17, 15) is 22.3 Å². The fourth-order valence-electron chi connectivity index (χ4n) is 3.02. The minimum Gasteiger partial charge on any atom is -0.435 e. The van der Waals surface area contributed by atoms with Crippen LogP contribution in [0.1, 0.15) is 11.7 Å². The number of alkyl halides is 2. The summed E-state index contributed by atoms with van der Waals surface area (Å²) in [5.74, 6) is 0.0279. The maximum absolute atomic E-state index is 12.6. The molecule has 0 bridgehead atoms. The lowest BCUT2D eigenvalue weighted by molar-refractivity contribution is -0.0498. The lowest BCUT2D eigenvalue weighted by Gasteiger charge is -2.34. The van der Waals surface area contributed by atoms with Crippen LogP contribution in [-0.4, -0.2) is 67.0 Å². The van der Waals surface area contributed by atoms with Crippen LogP contribution in [0.3, 0.4) is 0 Å². The number of ether oxygens (including phenoxy) is 1. The molecule has 0 aliphatic carbocycles. The molecule has 152 valence electrons. The number of halogens is 2. The molecule has 10 heteroatoms. The monoisotopic (exact) mass is 413 g/mol. The number of pyridine rings is 1. The third-order valence-corrected chi connectivity index (χ3v) is 6.41. The highest BCUT2D eigenvalue weighted by Crippen LogP contribution is 2.22. The predicted molar refractivity (Wildman–Crippen MR) is 97.5 cm³/mol. The molecule has 1 aliphatic heterocycles. The Morgan fingerprint density at radius 3 is 2.36 bits per heavy atom. The summed E-state index contributed by atoms with van der Waals surface area (Å²) in [6.45, 7) is -1.01. The van der Waals surface area contributed by atoms with E-state index in [0.717, 1.165) is 0 Å². The van der Waals surface area contributed by atoms with Crippen molar-refractivity contribution in [1.29, 1.82) is 0 Å². The Morgan fingerprint density at radius 1 is 1.11 bits per heavy atom. The van der Waals surface area contributed by atoms with E-state index in [1.54, 1.807) is 6.07 Å². The van der Waals surface area contributed by atoms with Gasteiger partial charge in [0.2, 0.25) is 10.0 Å². The molecule has 0 spiro atoms. The van der Waals surface area contributed by atoms with Gasteiger partial charge in [-0.3, -0.25) is 9.88 Å². The Kier molecular flexibility index (Phi) is 6.55. The van der Waals surface area contributed by atoms with E-state index in [1.807, 2.05) is 4.90 Å². The van der Waals surface area contributed by atoms with Crippen molar-refractivity contribution in [3.8, 4) is 5.75 Å². The highest BCUT2D eigenvalue weighted by molar-refractivity contribution is 7.89. The van der Waals surface area contributed by atoms with Gasteiger partial charge in [-0.1, -0.05) is 12.1 Å². The number of sulfonamides is 1. The molecular weight excluding hydrogens is 392 g/mol. The third kappa shape index (κ3) is 5.02. The van der Waals surface area contributed by atoms with E-state index in [0.29, 0.717) is 38.3 Å². The minimum absolute atomic E-state index is 0.0279. The smallest absolute Gasteiger partial charge is 0.387 e. The van der Waals surface area contributed by atoms with Crippen molar-refractivity contribution in [3.05, 3.63) is 54.4 Å². The Morgan fingerprint density at radius 2 is 1.79 bits per heavy atom. The molecule has 1 fully saturated rings. The molecule has 0 saturated carbocycles. The van der Waals surface area contributed by atoms with Gasteiger partial charge in [0.05, 0.1) is 6.10 Å². The van der Waals surface area contributed by atoms with Crippen LogP contribution in [0.4, 0.5) is 8.78 Å². The average molecular weight is 413 g/mol. The second-order valence-corrected chi connectivity index (χ2v) is 8.29. The lowest BCUT2D eigenvalue weighted by atomic mass is 10.1. The zero-order chi connectivity index (χ0) is 20.1. The van der Waals surface area contributed by atoms with Gasteiger partial charge in [-0.15, -0.1) is 0 Å². The molecular formula is C18H21F2N3O4S. The number of aromatic nitrogens is 1. The number of benzene rings is 1. The third-order valence-electron chi connectivity index (χ3n) is 4.52. The van der Waals surface area contributed by atoms with Crippen LogP contribution in [0.5, 0.6) is 5.75 Å². The normalized spacial score (nSPS) is 17.6. The van der Waals surface area contributed by atoms with Crippen LogP contribution in [0.25, 0.3) is 0 Å². The topological polar surface area (TPSA) is 83.0 Å². The summed E-state index contributed by atoms with van der Waals surface area (Å²) in [6, 6.07) is 8.92. The van der Waals surface area contributed by atoms with Gasteiger partial charge in [-0.2, -0.15) is 13.1 Å². The van der Waals surface area contributed by atoms with Crippen molar-refractivity contribution in [1.82, 2.24) is 14.2 Å². The Hall–Kier alpha value is -2.14. The lowest BCUT2D eigenvalue weighted by Crippen LogP contribution is -2.49.